The summed E-state index contributed by atoms with van der Waals surface area (Å²) in [5.74, 6) is 4.26. The minimum absolute atomic E-state index is 0.00422. The van der Waals surface area contributed by atoms with E-state index in [1.54, 1.807) is 14.2 Å². The summed E-state index contributed by atoms with van der Waals surface area (Å²) in [4.78, 5) is 9.24. The molecular formula is C26H25N3O4. The van der Waals surface area contributed by atoms with E-state index in [9.17, 15) is 0 Å². The van der Waals surface area contributed by atoms with Gasteiger partial charge in [0.05, 0.1) is 19.7 Å². The van der Waals surface area contributed by atoms with Gasteiger partial charge < -0.3 is 24.3 Å². The van der Waals surface area contributed by atoms with E-state index in [4.69, 9.17) is 18.9 Å². The maximum absolute atomic E-state index is 5.54. The average Bonchev–Trinajstić information content (AvgIpc) is 3.31. The second-order valence-corrected chi connectivity index (χ2v) is 7.90. The third-order valence-corrected chi connectivity index (χ3v) is 5.76. The maximum Gasteiger partial charge on any atom is 0.231 e. The lowest BCUT2D eigenvalue weighted by Gasteiger charge is -2.18. The van der Waals surface area contributed by atoms with Crippen LogP contribution in [0, 0.1) is 6.92 Å². The third kappa shape index (κ3) is 3.98. The van der Waals surface area contributed by atoms with E-state index in [0.29, 0.717) is 17.3 Å². The van der Waals surface area contributed by atoms with Crippen molar-refractivity contribution < 1.29 is 18.9 Å². The summed E-state index contributed by atoms with van der Waals surface area (Å²) in [5.41, 5.74) is 4.11. The van der Waals surface area contributed by atoms with Gasteiger partial charge in [0.25, 0.3) is 0 Å². The first kappa shape index (κ1) is 20.9. The largest absolute Gasteiger partial charge is 0.493 e. The summed E-state index contributed by atoms with van der Waals surface area (Å²) in [7, 11) is 3.24. The van der Waals surface area contributed by atoms with Crippen molar-refractivity contribution in [2.75, 3.05) is 26.3 Å². The number of hydrogen-bond acceptors (Lipinski definition) is 7. The summed E-state index contributed by atoms with van der Waals surface area (Å²) in [6.07, 6.45) is 0. The highest BCUT2D eigenvalue weighted by atomic mass is 16.7. The first-order valence-electron chi connectivity index (χ1n) is 10.7. The van der Waals surface area contributed by atoms with Gasteiger partial charge in [-0.15, -0.1) is 0 Å². The summed E-state index contributed by atoms with van der Waals surface area (Å²) in [6.45, 7) is 4.26. The van der Waals surface area contributed by atoms with Crippen LogP contribution in [0.3, 0.4) is 0 Å². The standard InChI is InChI=1S/C26H25N3O4/c1-15(17-6-5-7-18(10-17)19-8-9-22-25(11-19)33-14-32-22)27-26-20-12-23(30-3)24(31-4)13-21(20)28-16(2)29-26/h5-13,15H,14H2,1-4H3,(H,27,28,29)/t15-/m1/s1. The van der Waals surface area contributed by atoms with Gasteiger partial charge in [-0.05, 0) is 54.8 Å². The Kier molecular flexibility index (Phi) is 5.38. The topological polar surface area (TPSA) is 74.7 Å². The highest BCUT2D eigenvalue weighted by Gasteiger charge is 2.16. The molecule has 5 rings (SSSR count). The molecule has 0 bridgehead atoms. The molecule has 0 amide bonds. The number of hydrogen-bond donors (Lipinski definition) is 1. The van der Waals surface area contributed by atoms with Crippen LogP contribution in [0.15, 0.2) is 54.6 Å². The van der Waals surface area contributed by atoms with Crippen LogP contribution in [0.5, 0.6) is 23.0 Å². The molecule has 33 heavy (non-hydrogen) atoms. The van der Waals surface area contributed by atoms with E-state index in [2.05, 4.69) is 46.5 Å². The van der Waals surface area contributed by atoms with E-state index in [1.807, 2.05) is 37.3 Å². The number of aromatic nitrogens is 2. The smallest absolute Gasteiger partial charge is 0.231 e. The Morgan fingerprint density at radius 3 is 2.45 bits per heavy atom. The fourth-order valence-corrected chi connectivity index (χ4v) is 4.03. The molecule has 1 N–H and O–H groups in total. The van der Waals surface area contributed by atoms with Crippen molar-refractivity contribution in [2.45, 2.75) is 19.9 Å². The molecule has 0 saturated heterocycles. The number of nitrogens with one attached hydrogen (secondary N) is 1. The minimum atomic E-state index is 0.00422. The molecule has 1 atom stereocenters. The minimum Gasteiger partial charge on any atom is -0.493 e. The monoisotopic (exact) mass is 443 g/mol. The summed E-state index contributed by atoms with van der Waals surface area (Å²) < 4.78 is 21.9. The van der Waals surface area contributed by atoms with Gasteiger partial charge in [-0.2, -0.15) is 0 Å². The summed E-state index contributed by atoms with van der Waals surface area (Å²) in [5, 5.41) is 4.43. The summed E-state index contributed by atoms with van der Waals surface area (Å²) >= 11 is 0. The molecule has 0 saturated carbocycles. The number of benzene rings is 3. The molecule has 2 heterocycles. The Morgan fingerprint density at radius 2 is 1.64 bits per heavy atom. The zero-order valence-electron chi connectivity index (χ0n) is 19.0. The normalized spacial score (nSPS) is 13.1. The van der Waals surface area contributed by atoms with Crippen LogP contribution in [0.2, 0.25) is 0 Å². The van der Waals surface area contributed by atoms with E-state index < -0.39 is 0 Å². The highest BCUT2D eigenvalue weighted by molar-refractivity contribution is 5.92. The molecule has 0 fully saturated rings. The van der Waals surface area contributed by atoms with Gasteiger partial charge in [0, 0.05) is 17.5 Å². The zero-order valence-corrected chi connectivity index (χ0v) is 19.0. The highest BCUT2D eigenvalue weighted by Crippen LogP contribution is 2.37. The fraction of sp³-hybridized carbons (Fsp3) is 0.231. The lowest BCUT2D eigenvalue weighted by molar-refractivity contribution is 0.174. The first-order chi connectivity index (χ1) is 16.1. The molecule has 7 nitrogen and oxygen atoms in total. The van der Waals surface area contributed by atoms with Gasteiger partial charge >= 0.3 is 0 Å². The van der Waals surface area contributed by atoms with E-state index >= 15 is 0 Å². The molecule has 7 heteroatoms. The fourth-order valence-electron chi connectivity index (χ4n) is 4.03. The van der Waals surface area contributed by atoms with Gasteiger partial charge in [0.1, 0.15) is 11.6 Å². The first-order valence-corrected chi connectivity index (χ1v) is 10.7. The Hall–Kier alpha value is -4.00. The lowest BCUT2D eigenvalue weighted by atomic mass is 9.99. The lowest BCUT2D eigenvalue weighted by Crippen LogP contribution is -2.10. The molecule has 0 aliphatic carbocycles. The molecule has 0 radical (unpaired) electrons. The number of nitrogens with zero attached hydrogens (tertiary/aromatic N) is 2. The Labute approximate surface area is 192 Å². The molecular weight excluding hydrogens is 418 g/mol. The van der Waals surface area contributed by atoms with Crippen molar-refractivity contribution in [2.24, 2.45) is 0 Å². The van der Waals surface area contributed by atoms with E-state index in [0.717, 1.165) is 44.9 Å². The molecule has 4 aromatic rings. The molecule has 168 valence electrons. The SMILES string of the molecule is COc1cc2nc(C)nc(N[C@H](C)c3cccc(-c4ccc5c(c4)OCO5)c3)c2cc1OC. The molecule has 1 aromatic heterocycles. The predicted octanol–water partition coefficient (Wildman–Crippen LogP) is 5.52. The number of rotatable bonds is 6. The van der Waals surface area contributed by atoms with Gasteiger partial charge in [0.2, 0.25) is 6.79 Å². The molecule has 1 aliphatic rings. The maximum atomic E-state index is 5.54. The van der Waals surface area contributed by atoms with Crippen LogP contribution in [0.25, 0.3) is 22.0 Å². The second kappa shape index (κ2) is 8.50. The van der Waals surface area contributed by atoms with Crippen molar-refractivity contribution in [1.29, 1.82) is 0 Å². The van der Waals surface area contributed by atoms with Crippen LogP contribution in [0.4, 0.5) is 5.82 Å². The molecule has 1 aliphatic heterocycles. The van der Waals surface area contributed by atoms with Crippen molar-refractivity contribution in [3.05, 3.63) is 66.0 Å². The van der Waals surface area contributed by atoms with Crippen molar-refractivity contribution in [3.8, 4) is 34.1 Å². The van der Waals surface area contributed by atoms with Gasteiger partial charge in [-0.3, -0.25) is 0 Å². The summed E-state index contributed by atoms with van der Waals surface area (Å²) in [6, 6.07) is 18.2. The van der Waals surface area contributed by atoms with E-state index in [1.165, 1.54) is 0 Å². The Morgan fingerprint density at radius 1 is 0.879 bits per heavy atom. The third-order valence-electron chi connectivity index (χ3n) is 5.76. The van der Waals surface area contributed by atoms with Gasteiger partial charge in [0.15, 0.2) is 23.0 Å². The van der Waals surface area contributed by atoms with Crippen LogP contribution in [-0.2, 0) is 0 Å². The van der Waals surface area contributed by atoms with Gasteiger partial charge in [-0.1, -0.05) is 24.3 Å². The Balaban J connectivity index is 1.47. The predicted molar refractivity (Wildman–Crippen MR) is 127 cm³/mol. The second-order valence-electron chi connectivity index (χ2n) is 7.90. The van der Waals surface area contributed by atoms with Crippen LogP contribution >= 0.6 is 0 Å². The quantitative estimate of drug-likeness (QED) is 0.420. The number of anilines is 1. The van der Waals surface area contributed by atoms with Crippen molar-refractivity contribution in [1.82, 2.24) is 9.97 Å². The zero-order chi connectivity index (χ0) is 22.9. The number of ether oxygens (including phenoxy) is 4. The van der Waals surface area contributed by atoms with Crippen LogP contribution < -0.4 is 24.3 Å². The number of methoxy groups -OCH3 is 2. The molecule has 0 spiro atoms. The Bertz CT molecular complexity index is 1340. The molecule has 0 unspecified atom stereocenters. The number of fused-ring (bicyclic) bond motifs is 2. The van der Waals surface area contributed by atoms with Crippen LogP contribution in [0.1, 0.15) is 24.4 Å². The van der Waals surface area contributed by atoms with E-state index in [-0.39, 0.29) is 12.8 Å². The van der Waals surface area contributed by atoms with Crippen molar-refractivity contribution in [3.63, 3.8) is 0 Å². The van der Waals surface area contributed by atoms with Crippen LogP contribution in [-0.4, -0.2) is 31.0 Å². The average molecular weight is 444 g/mol. The van der Waals surface area contributed by atoms with Crippen molar-refractivity contribution >= 4 is 16.7 Å². The molecule has 3 aromatic carbocycles. The number of aryl methyl sites for hydroxylation is 1. The van der Waals surface area contributed by atoms with Gasteiger partial charge in [-0.25, -0.2) is 9.97 Å².